The molecular formula is C27H31N5O3S2. The molecule has 10 heteroatoms. The van der Waals surface area contributed by atoms with Crippen molar-refractivity contribution in [3.8, 4) is 21.9 Å². The first-order valence-corrected chi connectivity index (χ1v) is 15.0. The lowest BCUT2D eigenvalue weighted by Gasteiger charge is -2.23. The zero-order valence-electron chi connectivity index (χ0n) is 21.3. The molecule has 0 spiro atoms. The molecule has 194 valence electrons. The molecule has 0 saturated carbocycles. The number of fused-ring (bicyclic) bond motifs is 2. The van der Waals surface area contributed by atoms with Crippen molar-refractivity contribution < 1.29 is 13.4 Å². The van der Waals surface area contributed by atoms with Gasteiger partial charge in [0.05, 0.1) is 37.3 Å². The molecule has 8 nitrogen and oxygen atoms in total. The van der Waals surface area contributed by atoms with Crippen LogP contribution in [-0.2, 0) is 22.0 Å². The molecule has 4 aromatic heterocycles. The van der Waals surface area contributed by atoms with E-state index in [9.17, 15) is 4.21 Å². The number of nitrogens with zero attached hydrogens (tertiary/aromatic N) is 4. The molecule has 2 atom stereocenters. The molecule has 1 fully saturated rings. The van der Waals surface area contributed by atoms with E-state index in [1.165, 1.54) is 0 Å². The highest BCUT2D eigenvalue weighted by molar-refractivity contribution is 7.85. The molecule has 2 unspecified atom stereocenters. The molecule has 0 bridgehead atoms. The van der Waals surface area contributed by atoms with Gasteiger partial charge in [0.15, 0.2) is 0 Å². The molecule has 1 saturated heterocycles. The molecule has 6 heterocycles. The van der Waals surface area contributed by atoms with Gasteiger partial charge in [0.1, 0.15) is 5.82 Å². The van der Waals surface area contributed by atoms with Crippen LogP contribution in [0, 0.1) is 18.8 Å². The second kappa shape index (κ2) is 9.89. The van der Waals surface area contributed by atoms with Gasteiger partial charge in [-0.2, -0.15) is 0 Å². The van der Waals surface area contributed by atoms with Crippen molar-refractivity contribution in [3.63, 3.8) is 0 Å². The normalized spacial score (nSPS) is 20.2. The fourth-order valence-electron chi connectivity index (χ4n) is 5.48. The lowest BCUT2D eigenvalue weighted by Crippen LogP contribution is -2.17. The van der Waals surface area contributed by atoms with Gasteiger partial charge in [-0.15, -0.1) is 21.5 Å². The average Bonchev–Trinajstić information content (AvgIpc) is 3.60. The van der Waals surface area contributed by atoms with Crippen LogP contribution in [0.15, 0.2) is 27.6 Å². The van der Waals surface area contributed by atoms with Crippen molar-refractivity contribution >= 4 is 38.0 Å². The first kappa shape index (κ1) is 24.6. The molecule has 6 rings (SSSR count). The molecule has 0 aliphatic carbocycles. The summed E-state index contributed by atoms with van der Waals surface area (Å²) in [7, 11) is -1.19. The van der Waals surface area contributed by atoms with Crippen molar-refractivity contribution in [3.05, 3.63) is 35.6 Å². The second-order valence-electron chi connectivity index (χ2n) is 10.3. The Bertz CT molecular complexity index is 1490. The smallest absolute Gasteiger partial charge is 0.250 e. The highest BCUT2D eigenvalue weighted by Crippen LogP contribution is 2.49. The number of hydrogen-bond acceptors (Lipinski definition) is 9. The van der Waals surface area contributed by atoms with Crippen LogP contribution in [0.5, 0.6) is 0 Å². The van der Waals surface area contributed by atoms with Crippen LogP contribution >= 0.6 is 11.3 Å². The Morgan fingerprint density at radius 1 is 1.22 bits per heavy atom. The SMILES string of the molecule is Cc1nnc(-c2c(CCC3CCOCC3)nc3c(c2-c2cc4ccnc(N)c4s2)S(=O)CC3C(C)C)o1. The van der Waals surface area contributed by atoms with Gasteiger partial charge in [-0.05, 0) is 55.0 Å². The average molecular weight is 538 g/mol. The van der Waals surface area contributed by atoms with Crippen LogP contribution in [0.25, 0.3) is 32.0 Å². The molecule has 4 aromatic rings. The van der Waals surface area contributed by atoms with E-state index in [4.69, 9.17) is 19.9 Å². The molecule has 2 aliphatic rings. The quantitative estimate of drug-likeness (QED) is 0.342. The van der Waals surface area contributed by atoms with E-state index in [1.54, 1.807) is 24.5 Å². The highest BCUT2D eigenvalue weighted by Gasteiger charge is 2.38. The summed E-state index contributed by atoms with van der Waals surface area (Å²) in [6.45, 7) is 7.78. The largest absolute Gasteiger partial charge is 0.421 e. The number of nitrogen functional groups attached to an aromatic ring is 1. The summed E-state index contributed by atoms with van der Waals surface area (Å²) in [4.78, 5) is 11.3. The Hall–Kier alpha value is -2.69. The molecule has 0 amide bonds. The summed E-state index contributed by atoms with van der Waals surface area (Å²) in [6.07, 6.45) is 5.64. The predicted molar refractivity (Wildman–Crippen MR) is 146 cm³/mol. The van der Waals surface area contributed by atoms with Crippen LogP contribution in [0.3, 0.4) is 0 Å². The molecule has 0 aromatic carbocycles. The number of hydrogen-bond donors (Lipinski definition) is 1. The van der Waals surface area contributed by atoms with Gasteiger partial charge in [0.2, 0.25) is 11.8 Å². The van der Waals surface area contributed by atoms with Gasteiger partial charge in [-0.25, -0.2) is 4.98 Å². The minimum absolute atomic E-state index is 0.135. The summed E-state index contributed by atoms with van der Waals surface area (Å²) < 4.78 is 26.2. The van der Waals surface area contributed by atoms with Crippen LogP contribution in [0.4, 0.5) is 5.82 Å². The number of aryl methyl sites for hydroxylation is 2. The number of thiophene rings is 1. The third-order valence-electron chi connectivity index (χ3n) is 7.55. The van der Waals surface area contributed by atoms with Gasteiger partial charge >= 0.3 is 0 Å². The minimum atomic E-state index is -1.19. The molecule has 37 heavy (non-hydrogen) atoms. The van der Waals surface area contributed by atoms with E-state index in [0.29, 0.717) is 35.2 Å². The predicted octanol–water partition coefficient (Wildman–Crippen LogP) is 5.52. The number of pyridine rings is 2. The molecule has 0 radical (unpaired) electrons. The van der Waals surface area contributed by atoms with Crippen LogP contribution in [0.1, 0.15) is 56.3 Å². The minimum Gasteiger partial charge on any atom is -0.421 e. The summed E-state index contributed by atoms with van der Waals surface area (Å²) in [5.41, 5.74) is 9.84. The summed E-state index contributed by atoms with van der Waals surface area (Å²) >= 11 is 1.57. The number of ether oxygens (including phenoxy) is 1. The van der Waals surface area contributed by atoms with Crippen molar-refractivity contribution in [2.75, 3.05) is 24.7 Å². The maximum atomic E-state index is 13.7. The van der Waals surface area contributed by atoms with E-state index in [2.05, 4.69) is 35.1 Å². The second-order valence-corrected chi connectivity index (χ2v) is 12.8. The zero-order valence-corrected chi connectivity index (χ0v) is 23.0. The number of nitrogens with two attached hydrogens (primary N) is 1. The fraction of sp³-hybridized carbons (Fsp3) is 0.481. The fourth-order valence-corrected chi connectivity index (χ4v) is 8.57. The maximum Gasteiger partial charge on any atom is 0.250 e. The van der Waals surface area contributed by atoms with E-state index < -0.39 is 10.8 Å². The first-order chi connectivity index (χ1) is 17.9. The topological polar surface area (TPSA) is 117 Å². The highest BCUT2D eigenvalue weighted by atomic mass is 32.2. The van der Waals surface area contributed by atoms with Gasteiger partial charge < -0.3 is 14.9 Å². The van der Waals surface area contributed by atoms with Crippen molar-refractivity contribution in [2.24, 2.45) is 11.8 Å². The van der Waals surface area contributed by atoms with Crippen molar-refractivity contribution in [1.29, 1.82) is 0 Å². The summed E-state index contributed by atoms with van der Waals surface area (Å²) in [5.74, 6) is 3.04. The van der Waals surface area contributed by atoms with Crippen LogP contribution < -0.4 is 5.73 Å². The van der Waals surface area contributed by atoms with Crippen LogP contribution in [0.2, 0.25) is 0 Å². The van der Waals surface area contributed by atoms with E-state index >= 15 is 0 Å². The van der Waals surface area contributed by atoms with E-state index in [0.717, 1.165) is 81.3 Å². The maximum absolute atomic E-state index is 13.7. The monoisotopic (exact) mass is 537 g/mol. The number of rotatable bonds is 6. The molecule has 2 aliphatic heterocycles. The number of aromatic nitrogens is 4. The van der Waals surface area contributed by atoms with Crippen LogP contribution in [-0.4, -0.2) is 43.3 Å². The van der Waals surface area contributed by atoms with Gasteiger partial charge in [-0.1, -0.05) is 13.8 Å². The molecule has 2 N–H and O–H groups in total. The first-order valence-electron chi connectivity index (χ1n) is 12.9. The lowest BCUT2D eigenvalue weighted by atomic mass is 9.89. The number of anilines is 1. The Morgan fingerprint density at radius 3 is 2.73 bits per heavy atom. The Balaban J connectivity index is 1.60. The van der Waals surface area contributed by atoms with Gasteiger partial charge in [-0.3, -0.25) is 9.19 Å². The lowest BCUT2D eigenvalue weighted by molar-refractivity contribution is 0.0639. The standard InChI is InChI=1S/C27H31N5O3S2/c1-14(2)18-13-37(33)25-22(20-12-17-6-9-29-26(28)24(17)36-20)21(27-32-31-15(3)35-27)19(30-23(18)25)5-4-16-7-10-34-11-8-16/h6,9,12,14,16,18H,4-5,7-8,10-11,13H2,1-3H3,(H2,28,29). The summed E-state index contributed by atoms with van der Waals surface area (Å²) in [5, 5.41) is 9.58. The molecular weight excluding hydrogens is 506 g/mol. The van der Waals surface area contributed by atoms with E-state index in [1.807, 2.05) is 6.07 Å². The van der Waals surface area contributed by atoms with Crippen molar-refractivity contribution in [2.45, 2.75) is 57.3 Å². The van der Waals surface area contributed by atoms with Gasteiger partial charge in [0.25, 0.3) is 0 Å². The Kier molecular flexibility index (Phi) is 6.58. The third kappa shape index (κ3) is 4.49. The van der Waals surface area contributed by atoms with E-state index in [-0.39, 0.29) is 5.92 Å². The zero-order chi connectivity index (χ0) is 25.7. The summed E-state index contributed by atoms with van der Waals surface area (Å²) in [6, 6.07) is 4.08. The van der Waals surface area contributed by atoms with Gasteiger partial charge in [0, 0.05) is 48.4 Å². The third-order valence-corrected chi connectivity index (χ3v) is 10.3. The Labute approximate surface area is 222 Å². The Morgan fingerprint density at radius 2 is 2.03 bits per heavy atom. The van der Waals surface area contributed by atoms with Crippen molar-refractivity contribution in [1.82, 2.24) is 20.2 Å².